The van der Waals surface area contributed by atoms with Crippen LogP contribution in [0.2, 0.25) is 0 Å². The van der Waals surface area contributed by atoms with Crippen LogP contribution in [0.25, 0.3) is 0 Å². The van der Waals surface area contributed by atoms with Crippen molar-refractivity contribution >= 4 is 17.6 Å². The Morgan fingerprint density at radius 2 is 1.81 bits per heavy atom. The van der Waals surface area contributed by atoms with Gasteiger partial charge in [-0.1, -0.05) is 18.2 Å². The van der Waals surface area contributed by atoms with Gasteiger partial charge in [-0.25, -0.2) is 4.79 Å². The van der Waals surface area contributed by atoms with Gasteiger partial charge in [0.15, 0.2) is 0 Å². The molecule has 2 rings (SSSR count). The van der Waals surface area contributed by atoms with Crippen molar-refractivity contribution in [1.29, 1.82) is 0 Å². The SMILES string of the molecule is COc1cccc(CN(C)C(=O)Nc2cc(C(=O)N(C)C)ccc2C)c1. The van der Waals surface area contributed by atoms with E-state index in [4.69, 9.17) is 4.74 Å². The van der Waals surface area contributed by atoms with Gasteiger partial charge in [0.05, 0.1) is 7.11 Å². The molecule has 0 aromatic heterocycles. The van der Waals surface area contributed by atoms with Crippen LogP contribution >= 0.6 is 0 Å². The minimum atomic E-state index is -0.245. The van der Waals surface area contributed by atoms with Crippen molar-refractivity contribution < 1.29 is 14.3 Å². The van der Waals surface area contributed by atoms with Gasteiger partial charge in [0.2, 0.25) is 0 Å². The smallest absolute Gasteiger partial charge is 0.321 e. The summed E-state index contributed by atoms with van der Waals surface area (Å²) in [5, 5.41) is 2.88. The molecular formula is C20H25N3O3. The number of urea groups is 1. The first-order chi connectivity index (χ1) is 12.3. The Hall–Kier alpha value is -3.02. The summed E-state index contributed by atoms with van der Waals surface area (Å²) in [5.41, 5.74) is 3.02. The monoisotopic (exact) mass is 355 g/mol. The lowest BCUT2D eigenvalue weighted by Gasteiger charge is -2.20. The van der Waals surface area contributed by atoms with Crippen molar-refractivity contribution in [2.75, 3.05) is 33.6 Å². The summed E-state index contributed by atoms with van der Waals surface area (Å²) in [4.78, 5) is 27.7. The molecule has 0 aliphatic heterocycles. The van der Waals surface area contributed by atoms with Gasteiger partial charge in [0.25, 0.3) is 5.91 Å². The third-order valence-corrected chi connectivity index (χ3v) is 4.03. The van der Waals surface area contributed by atoms with E-state index in [0.717, 1.165) is 16.9 Å². The summed E-state index contributed by atoms with van der Waals surface area (Å²) in [6.45, 7) is 2.33. The van der Waals surface area contributed by atoms with E-state index in [0.29, 0.717) is 17.8 Å². The van der Waals surface area contributed by atoms with Crippen LogP contribution in [0.4, 0.5) is 10.5 Å². The van der Waals surface area contributed by atoms with Gasteiger partial charge in [-0.2, -0.15) is 0 Å². The largest absolute Gasteiger partial charge is 0.497 e. The maximum Gasteiger partial charge on any atom is 0.321 e. The average molecular weight is 355 g/mol. The van der Waals surface area contributed by atoms with Crippen LogP contribution in [0, 0.1) is 6.92 Å². The molecule has 6 nitrogen and oxygen atoms in total. The Bertz CT molecular complexity index is 803. The molecule has 0 heterocycles. The van der Waals surface area contributed by atoms with Crippen LogP contribution < -0.4 is 10.1 Å². The molecule has 0 fully saturated rings. The van der Waals surface area contributed by atoms with Crippen molar-refractivity contribution in [2.24, 2.45) is 0 Å². The van der Waals surface area contributed by atoms with Crippen LogP contribution in [-0.4, -0.2) is 50.0 Å². The van der Waals surface area contributed by atoms with Crippen molar-refractivity contribution in [1.82, 2.24) is 9.80 Å². The zero-order valence-corrected chi connectivity index (χ0v) is 15.9. The van der Waals surface area contributed by atoms with Gasteiger partial charge >= 0.3 is 6.03 Å². The summed E-state index contributed by atoms with van der Waals surface area (Å²) in [7, 11) is 6.73. The maximum absolute atomic E-state index is 12.5. The van der Waals surface area contributed by atoms with Crippen LogP contribution in [0.3, 0.4) is 0 Å². The normalized spacial score (nSPS) is 10.2. The molecular weight excluding hydrogens is 330 g/mol. The van der Waals surface area contributed by atoms with Crippen molar-refractivity contribution in [3.05, 3.63) is 59.2 Å². The first-order valence-electron chi connectivity index (χ1n) is 8.29. The molecule has 138 valence electrons. The third-order valence-electron chi connectivity index (χ3n) is 4.03. The molecule has 0 radical (unpaired) electrons. The number of rotatable bonds is 5. The number of nitrogens with one attached hydrogen (secondary N) is 1. The van der Waals surface area contributed by atoms with Gasteiger partial charge in [0, 0.05) is 38.9 Å². The number of hydrogen-bond donors (Lipinski definition) is 1. The first kappa shape index (κ1) is 19.3. The Labute approximate surface area is 154 Å². The number of methoxy groups -OCH3 is 1. The molecule has 0 bridgehead atoms. The Morgan fingerprint density at radius 1 is 1.08 bits per heavy atom. The predicted octanol–water partition coefficient (Wildman–Crippen LogP) is 3.37. The standard InChI is InChI=1S/C20H25N3O3/c1-14-9-10-16(19(24)22(2)3)12-18(14)21-20(25)23(4)13-15-7-6-8-17(11-15)26-5/h6-12H,13H2,1-5H3,(H,21,25). The molecule has 0 aliphatic rings. The lowest BCUT2D eigenvalue weighted by molar-refractivity contribution is 0.0827. The highest BCUT2D eigenvalue weighted by Gasteiger charge is 2.14. The Morgan fingerprint density at radius 3 is 2.46 bits per heavy atom. The highest BCUT2D eigenvalue weighted by Crippen LogP contribution is 2.19. The van der Waals surface area contributed by atoms with Crippen LogP contribution in [0.5, 0.6) is 5.75 Å². The number of nitrogens with zero attached hydrogens (tertiary/aromatic N) is 2. The Kier molecular flexibility index (Phi) is 6.22. The number of carbonyl (C=O) groups excluding carboxylic acids is 2. The fraction of sp³-hybridized carbons (Fsp3) is 0.300. The molecule has 0 saturated heterocycles. The minimum Gasteiger partial charge on any atom is -0.497 e. The van der Waals surface area contributed by atoms with E-state index < -0.39 is 0 Å². The molecule has 26 heavy (non-hydrogen) atoms. The number of hydrogen-bond acceptors (Lipinski definition) is 3. The van der Waals surface area contributed by atoms with E-state index in [2.05, 4.69) is 5.32 Å². The zero-order chi connectivity index (χ0) is 19.3. The summed E-state index contributed by atoms with van der Waals surface area (Å²) in [5.74, 6) is 0.646. The number of benzene rings is 2. The highest BCUT2D eigenvalue weighted by molar-refractivity contribution is 5.97. The van der Waals surface area contributed by atoms with Crippen molar-refractivity contribution in [3.8, 4) is 5.75 Å². The molecule has 2 aromatic rings. The number of aryl methyl sites for hydroxylation is 1. The molecule has 1 N–H and O–H groups in total. The second kappa shape index (κ2) is 8.38. The highest BCUT2D eigenvalue weighted by atomic mass is 16.5. The molecule has 0 atom stereocenters. The molecule has 0 saturated carbocycles. The molecule has 0 aliphatic carbocycles. The second-order valence-electron chi connectivity index (χ2n) is 6.37. The third kappa shape index (κ3) is 4.75. The van der Waals surface area contributed by atoms with Gasteiger partial charge in [-0.05, 0) is 42.3 Å². The Balaban J connectivity index is 2.10. The summed E-state index contributed by atoms with van der Waals surface area (Å²) < 4.78 is 5.21. The number of ether oxygens (including phenoxy) is 1. The lowest BCUT2D eigenvalue weighted by Crippen LogP contribution is -2.31. The maximum atomic E-state index is 12.5. The fourth-order valence-electron chi connectivity index (χ4n) is 2.48. The van der Waals surface area contributed by atoms with Crippen LogP contribution in [0.1, 0.15) is 21.5 Å². The second-order valence-corrected chi connectivity index (χ2v) is 6.37. The lowest BCUT2D eigenvalue weighted by atomic mass is 10.1. The first-order valence-corrected chi connectivity index (χ1v) is 8.29. The van der Waals surface area contributed by atoms with Crippen LogP contribution in [-0.2, 0) is 6.54 Å². The topological polar surface area (TPSA) is 61.9 Å². The number of anilines is 1. The molecule has 0 unspecified atom stereocenters. The van der Waals surface area contributed by atoms with Gasteiger partial charge in [-0.15, -0.1) is 0 Å². The number of carbonyl (C=O) groups is 2. The van der Waals surface area contributed by atoms with E-state index in [-0.39, 0.29) is 11.9 Å². The van der Waals surface area contributed by atoms with E-state index in [1.54, 1.807) is 45.3 Å². The molecule has 0 spiro atoms. The van der Waals surface area contributed by atoms with E-state index in [9.17, 15) is 9.59 Å². The van der Waals surface area contributed by atoms with E-state index in [1.807, 2.05) is 37.3 Å². The summed E-state index contributed by atoms with van der Waals surface area (Å²) in [6.07, 6.45) is 0. The van der Waals surface area contributed by atoms with E-state index >= 15 is 0 Å². The van der Waals surface area contributed by atoms with E-state index in [1.165, 1.54) is 4.90 Å². The van der Waals surface area contributed by atoms with Gasteiger partial charge in [0.1, 0.15) is 5.75 Å². The summed E-state index contributed by atoms with van der Waals surface area (Å²) >= 11 is 0. The van der Waals surface area contributed by atoms with Crippen molar-refractivity contribution in [3.63, 3.8) is 0 Å². The van der Waals surface area contributed by atoms with Crippen LogP contribution in [0.15, 0.2) is 42.5 Å². The quantitative estimate of drug-likeness (QED) is 0.894. The van der Waals surface area contributed by atoms with Crippen molar-refractivity contribution in [2.45, 2.75) is 13.5 Å². The molecule has 3 amide bonds. The number of amides is 3. The fourth-order valence-corrected chi connectivity index (χ4v) is 2.48. The summed E-state index contributed by atoms with van der Waals surface area (Å²) in [6, 6.07) is 12.6. The average Bonchev–Trinajstić information content (AvgIpc) is 2.62. The zero-order valence-electron chi connectivity index (χ0n) is 15.9. The molecule has 2 aromatic carbocycles. The van der Waals surface area contributed by atoms with Gasteiger partial charge < -0.3 is 19.9 Å². The minimum absolute atomic E-state index is 0.106. The molecule has 6 heteroatoms. The predicted molar refractivity (Wildman–Crippen MR) is 103 cm³/mol. The van der Waals surface area contributed by atoms with Gasteiger partial charge in [-0.3, -0.25) is 4.79 Å².